The Labute approximate surface area is 89.5 Å². The minimum Gasteiger partial charge on any atom is -0.320 e. The first-order valence-electron chi connectivity index (χ1n) is 4.80. The fourth-order valence-corrected chi connectivity index (χ4v) is 1.23. The molecule has 0 bridgehead atoms. The summed E-state index contributed by atoms with van der Waals surface area (Å²) >= 11 is 0. The van der Waals surface area contributed by atoms with Gasteiger partial charge in [-0.3, -0.25) is 9.59 Å². The van der Waals surface area contributed by atoms with Crippen molar-refractivity contribution in [1.29, 1.82) is 0 Å². The van der Waals surface area contributed by atoms with Crippen LogP contribution in [0.5, 0.6) is 0 Å². The van der Waals surface area contributed by atoms with Crippen LogP contribution in [-0.4, -0.2) is 12.2 Å². The van der Waals surface area contributed by atoms with Gasteiger partial charge < -0.3 is 5.32 Å². The number of nitrogens with one attached hydrogen (secondary N) is 1. The maximum absolute atomic E-state index is 10.8. The molecule has 0 aromatic heterocycles. The molecule has 1 rings (SSSR count). The summed E-state index contributed by atoms with van der Waals surface area (Å²) in [5.74, 6) is -0.626. The van der Waals surface area contributed by atoms with Gasteiger partial charge >= 0.3 is 0 Å². The van der Waals surface area contributed by atoms with Gasteiger partial charge in [0.05, 0.1) is 0 Å². The van der Waals surface area contributed by atoms with Crippen molar-refractivity contribution in [2.24, 2.45) is 0 Å². The summed E-state index contributed by atoms with van der Waals surface area (Å²) in [4.78, 5) is 20.9. The van der Waals surface area contributed by atoms with Gasteiger partial charge in [0.1, 0.15) is 0 Å². The van der Waals surface area contributed by atoms with E-state index in [0.29, 0.717) is 5.69 Å². The lowest BCUT2D eigenvalue weighted by Gasteiger charge is -2.19. The molecule has 0 saturated heterocycles. The molecule has 3 nitrogen and oxygen atoms in total. The third-order valence-corrected chi connectivity index (χ3v) is 2.13. The van der Waals surface area contributed by atoms with Crippen molar-refractivity contribution >= 4 is 17.9 Å². The number of aldehydes is 1. The zero-order chi connectivity index (χ0) is 11.5. The Morgan fingerprint density at radius 2 is 1.73 bits per heavy atom. The van der Waals surface area contributed by atoms with E-state index in [9.17, 15) is 9.59 Å². The van der Waals surface area contributed by atoms with Crippen LogP contribution in [0.15, 0.2) is 24.3 Å². The lowest BCUT2D eigenvalue weighted by Crippen LogP contribution is -2.13. The van der Waals surface area contributed by atoms with Crippen LogP contribution in [0.1, 0.15) is 26.3 Å². The summed E-state index contributed by atoms with van der Waals surface area (Å²) in [6.07, 6.45) is 0.262. The molecule has 0 atom stereocenters. The molecular formula is C12H15NO2. The average molecular weight is 205 g/mol. The Morgan fingerprint density at radius 3 is 2.13 bits per heavy atom. The van der Waals surface area contributed by atoms with Gasteiger partial charge in [0.25, 0.3) is 5.91 Å². The van der Waals surface area contributed by atoms with Crippen LogP contribution in [0, 0.1) is 0 Å². The first-order chi connectivity index (χ1) is 6.93. The first kappa shape index (κ1) is 11.4. The fourth-order valence-electron chi connectivity index (χ4n) is 1.23. The number of anilines is 1. The number of amides is 1. The van der Waals surface area contributed by atoms with Crippen LogP contribution in [0.4, 0.5) is 5.69 Å². The van der Waals surface area contributed by atoms with E-state index in [1.54, 1.807) is 12.1 Å². The molecule has 3 heteroatoms. The standard InChI is InChI=1S/C12H15NO2/c1-12(2,3)9-4-6-10(7-5-9)13-11(15)8-14/h4-8H,1-3H3,(H,13,15). The van der Waals surface area contributed by atoms with E-state index in [1.165, 1.54) is 5.56 Å². The number of carbonyl (C=O) groups excluding carboxylic acids is 2. The number of rotatable bonds is 2. The molecule has 0 aliphatic rings. The van der Waals surface area contributed by atoms with E-state index in [0.717, 1.165) is 0 Å². The van der Waals surface area contributed by atoms with Crippen molar-refractivity contribution in [2.45, 2.75) is 26.2 Å². The summed E-state index contributed by atoms with van der Waals surface area (Å²) in [5.41, 5.74) is 1.92. The van der Waals surface area contributed by atoms with Crippen molar-refractivity contribution in [3.8, 4) is 0 Å². The van der Waals surface area contributed by atoms with Gasteiger partial charge in [-0.05, 0) is 23.1 Å². The number of carbonyl (C=O) groups is 2. The minimum atomic E-state index is -0.626. The largest absolute Gasteiger partial charge is 0.320 e. The molecule has 0 radical (unpaired) electrons. The van der Waals surface area contributed by atoms with E-state index in [4.69, 9.17) is 0 Å². The third-order valence-electron chi connectivity index (χ3n) is 2.13. The third kappa shape index (κ3) is 3.20. The van der Waals surface area contributed by atoms with E-state index in [2.05, 4.69) is 26.1 Å². The summed E-state index contributed by atoms with van der Waals surface area (Å²) < 4.78 is 0. The van der Waals surface area contributed by atoms with Crippen LogP contribution in [0.2, 0.25) is 0 Å². The van der Waals surface area contributed by atoms with Gasteiger partial charge in [-0.15, -0.1) is 0 Å². The second kappa shape index (κ2) is 4.26. The van der Waals surface area contributed by atoms with Crippen LogP contribution in [0.25, 0.3) is 0 Å². The van der Waals surface area contributed by atoms with Crippen LogP contribution in [0.3, 0.4) is 0 Å². The maximum Gasteiger partial charge on any atom is 0.288 e. The topological polar surface area (TPSA) is 46.2 Å². The second-order valence-corrected chi connectivity index (χ2v) is 4.43. The predicted molar refractivity (Wildman–Crippen MR) is 59.8 cm³/mol. The van der Waals surface area contributed by atoms with Crippen LogP contribution >= 0.6 is 0 Å². The van der Waals surface area contributed by atoms with E-state index in [-0.39, 0.29) is 11.7 Å². The van der Waals surface area contributed by atoms with Gasteiger partial charge in [0.2, 0.25) is 6.29 Å². The highest BCUT2D eigenvalue weighted by Crippen LogP contribution is 2.23. The number of benzene rings is 1. The van der Waals surface area contributed by atoms with Crippen LogP contribution < -0.4 is 5.32 Å². The fraction of sp³-hybridized carbons (Fsp3) is 0.333. The molecule has 0 heterocycles. The monoisotopic (exact) mass is 205 g/mol. The van der Waals surface area contributed by atoms with Gasteiger partial charge in [-0.1, -0.05) is 32.9 Å². The molecule has 0 spiro atoms. The SMILES string of the molecule is CC(C)(C)c1ccc(NC(=O)C=O)cc1. The van der Waals surface area contributed by atoms with E-state index < -0.39 is 5.91 Å². The van der Waals surface area contributed by atoms with Gasteiger partial charge in [-0.25, -0.2) is 0 Å². The number of hydrogen-bond donors (Lipinski definition) is 1. The number of hydrogen-bond acceptors (Lipinski definition) is 2. The Balaban J connectivity index is 2.81. The quantitative estimate of drug-likeness (QED) is 0.593. The van der Waals surface area contributed by atoms with Gasteiger partial charge in [0.15, 0.2) is 0 Å². The van der Waals surface area contributed by atoms with Crippen molar-refractivity contribution < 1.29 is 9.59 Å². The smallest absolute Gasteiger partial charge is 0.288 e. The molecule has 1 aromatic rings. The van der Waals surface area contributed by atoms with Gasteiger partial charge in [-0.2, -0.15) is 0 Å². The minimum absolute atomic E-state index is 0.0905. The molecule has 0 fully saturated rings. The van der Waals surface area contributed by atoms with Crippen LogP contribution in [-0.2, 0) is 15.0 Å². The Morgan fingerprint density at radius 1 is 1.20 bits per heavy atom. The van der Waals surface area contributed by atoms with E-state index >= 15 is 0 Å². The molecule has 1 aromatic carbocycles. The van der Waals surface area contributed by atoms with Crippen molar-refractivity contribution in [2.75, 3.05) is 5.32 Å². The summed E-state index contributed by atoms with van der Waals surface area (Å²) in [5, 5.41) is 2.46. The molecule has 0 saturated carbocycles. The molecule has 1 N–H and O–H groups in total. The molecule has 0 unspecified atom stereocenters. The Kier molecular flexibility index (Phi) is 3.24. The lowest BCUT2D eigenvalue weighted by molar-refractivity contribution is -0.127. The molecule has 0 aliphatic heterocycles. The highest BCUT2D eigenvalue weighted by Gasteiger charge is 2.12. The molecule has 80 valence electrons. The lowest BCUT2D eigenvalue weighted by atomic mass is 9.87. The molecule has 1 amide bonds. The molecule has 15 heavy (non-hydrogen) atoms. The van der Waals surface area contributed by atoms with Crippen molar-refractivity contribution in [3.05, 3.63) is 29.8 Å². The molecular weight excluding hydrogens is 190 g/mol. The summed E-state index contributed by atoms with van der Waals surface area (Å²) in [6, 6.07) is 7.48. The van der Waals surface area contributed by atoms with E-state index in [1.807, 2.05) is 12.1 Å². The van der Waals surface area contributed by atoms with Crippen molar-refractivity contribution in [1.82, 2.24) is 0 Å². The summed E-state index contributed by atoms with van der Waals surface area (Å²) in [7, 11) is 0. The normalized spacial score (nSPS) is 10.9. The zero-order valence-corrected chi connectivity index (χ0v) is 9.20. The highest BCUT2D eigenvalue weighted by atomic mass is 16.2. The van der Waals surface area contributed by atoms with Gasteiger partial charge in [0, 0.05) is 5.69 Å². The molecule has 0 aliphatic carbocycles. The highest BCUT2D eigenvalue weighted by molar-refractivity contribution is 6.29. The predicted octanol–water partition coefficient (Wildman–Crippen LogP) is 2.12. The summed E-state index contributed by atoms with van der Waals surface area (Å²) in [6.45, 7) is 6.35. The first-order valence-corrected chi connectivity index (χ1v) is 4.80. The Hall–Kier alpha value is -1.64. The van der Waals surface area contributed by atoms with Crippen molar-refractivity contribution in [3.63, 3.8) is 0 Å². The maximum atomic E-state index is 10.8. The Bertz CT molecular complexity index is 360. The second-order valence-electron chi connectivity index (χ2n) is 4.43. The average Bonchev–Trinajstić information content (AvgIpc) is 2.17. The zero-order valence-electron chi connectivity index (χ0n) is 9.20.